The summed E-state index contributed by atoms with van der Waals surface area (Å²) in [6.45, 7) is 6.26. The maximum Gasteiger partial charge on any atom is 0.303 e. The van der Waals surface area contributed by atoms with E-state index in [0.717, 1.165) is 25.3 Å². The third-order valence-electron chi connectivity index (χ3n) is 5.17. The van der Waals surface area contributed by atoms with Gasteiger partial charge in [-0.05, 0) is 70.3 Å². The van der Waals surface area contributed by atoms with Crippen LogP contribution in [0, 0.1) is 5.92 Å². The third kappa shape index (κ3) is 19.6. The molecule has 0 radical (unpaired) electrons. The van der Waals surface area contributed by atoms with E-state index in [-0.39, 0.29) is 12.3 Å². The minimum Gasteiger partial charge on any atom is -0.481 e. The van der Waals surface area contributed by atoms with Gasteiger partial charge in [0.1, 0.15) is 0 Å². The molecule has 0 saturated heterocycles. The molecule has 2 rings (SSSR count). The first-order valence-corrected chi connectivity index (χ1v) is 12.3. The van der Waals surface area contributed by atoms with E-state index in [1.165, 1.54) is 50.5 Å². The van der Waals surface area contributed by atoms with Crippen molar-refractivity contribution in [1.82, 2.24) is 5.32 Å². The van der Waals surface area contributed by atoms with Crippen LogP contribution >= 0.6 is 0 Å². The van der Waals surface area contributed by atoms with Crippen molar-refractivity contribution >= 4 is 11.9 Å². The maximum absolute atomic E-state index is 10.9. The van der Waals surface area contributed by atoms with Gasteiger partial charge in [-0.1, -0.05) is 74.4 Å². The molecule has 32 heavy (non-hydrogen) atoms. The zero-order valence-corrected chi connectivity index (χ0v) is 20.5. The molecule has 4 nitrogen and oxygen atoms in total. The second kappa shape index (κ2) is 21.9. The Morgan fingerprint density at radius 3 is 2.22 bits per heavy atom. The highest BCUT2D eigenvalue weighted by atomic mass is 16.4. The van der Waals surface area contributed by atoms with Gasteiger partial charge in [0.2, 0.25) is 5.91 Å². The van der Waals surface area contributed by atoms with Crippen molar-refractivity contribution < 1.29 is 14.7 Å². The van der Waals surface area contributed by atoms with Gasteiger partial charge in [-0.25, -0.2) is 0 Å². The summed E-state index contributed by atoms with van der Waals surface area (Å²) < 4.78 is 0. The van der Waals surface area contributed by atoms with E-state index < -0.39 is 5.97 Å². The van der Waals surface area contributed by atoms with Crippen LogP contribution in [0.4, 0.5) is 0 Å². The number of carbonyl (C=O) groups excluding carboxylic acids is 1. The molecule has 0 aliphatic heterocycles. The molecule has 2 N–H and O–H groups in total. The number of carboxylic acids is 1. The Hall–Kier alpha value is -2.36. The Bertz CT molecular complexity index is 631. The van der Waals surface area contributed by atoms with Crippen molar-refractivity contribution in [2.24, 2.45) is 5.92 Å². The molecule has 1 aliphatic rings. The van der Waals surface area contributed by atoms with Crippen molar-refractivity contribution in [1.29, 1.82) is 0 Å². The van der Waals surface area contributed by atoms with E-state index in [0.29, 0.717) is 6.42 Å². The van der Waals surface area contributed by atoms with Crippen LogP contribution in [-0.2, 0) is 16.0 Å². The van der Waals surface area contributed by atoms with E-state index in [4.69, 9.17) is 5.11 Å². The van der Waals surface area contributed by atoms with Gasteiger partial charge < -0.3 is 10.4 Å². The summed E-state index contributed by atoms with van der Waals surface area (Å²) in [5.41, 5.74) is 1.47. The van der Waals surface area contributed by atoms with E-state index in [1.807, 2.05) is 19.9 Å². The molecule has 1 saturated carbocycles. The first-order chi connectivity index (χ1) is 15.5. The molecule has 0 heterocycles. The summed E-state index contributed by atoms with van der Waals surface area (Å²) in [6, 6.07) is 10.8. The molecule has 1 aromatic rings. The van der Waals surface area contributed by atoms with Gasteiger partial charge in [-0.15, -0.1) is 0 Å². The van der Waals surface area contributed by atoms with Crippen LogP contribution in [0.2, 0.25) is 0 Å². The molecule has 0 atom stereocenters. The zero-order valence-electron chi connectivity index (χ0n) is 20.5. The topological polar surface area (TPSA) is 66.4 Å². The Labute approximate surface area is 196 Å². The standard InChI is InChI=1S/C16H22.C9H17NO.C3H6O2/c1-3-9-15(10-4-1)11-5-2-6-12-16-13-7-8-14-16;1-3-5-6-7-8-9(11)10-4-2;1-2-3(4)5/h1,3-4,6,9-10,12,16H,2,5,7-8,11,13-14H2;3,5H,4,6-8H2,1-2H3,(H,10,11);2H2,1H3,(H,4,5)/b12-6+;5-3-;. The number of nitrogens with one attached hydrogen (secondary N) is 1. The van der Waals surface area contributed by atoms with E-state index >= 15 is 0 Å². The molecule has 1 aromatic carbocycles. The van der Waals surface area contributed by atoms with Gasteiger partial charge >= 0.3 is 5.97 Å². The highest BCUT2D eigenvalue weighted by Crippen LogP contribution is 2.25. The van der Waals surface area contributed by atoms with Crippen molar-refractivity contribution in [2.45, 2.75) is 91.4 Å². The lowest BCUT2D eigenvalue weighted by Gasteiger charge is -2.01. The monoisotopic (exact) mass is 443 g/mol. The van der Waals surface area contributed by atoms with Gasteiger partial charge in [0.15, 0.2) is 0 Å². The molecule has 0 unspecified atom stereocenters. The summed E-state index contributed by atoms with van der Waals surface area (Å²) in [6.07, 6.45) is 21.3. The Kier molecular flexibility index (Phi) is 20.2. The minimum atomic E-state index is -0.745. The van der Waals surface area contributed by atoms with Crippen LogP contribution in [-0.4, -0.2) is 23.5 Å². The third-order valence-corrected chi connectivity index (χ3v) is 5.17. The molecular formula is C28H45NO3. The molecule has 4 heteroatoms. The number of hydrogen-bond donors (Lipinski definition) is 2. The number of carbonyl (C=O) groups is 2. The number of hydrogen-bond acceptors (Lipinski definition) is 2. The highest BCUT2D eigenvalue weighted by Gasteiger charge is 2.10. The lowest BCUT2D eigenvalue weighted by Crippen LogP contribution is -2.21. The molecule has 1 amide bonds. The maximum atomic E-state index is 10.9. The lowest BCUT2D eigenvalue weighted by atomic mass is 10.1. The Morgan fingerprint density at radius 2 is 1.66 bits per heavy atom. The lowest BCUT2D eigenvalue weighted by molar-refractivity contribution is -0.136. The van der Waals surface area contributed by atoms with Crippen molar-refractivity contribution in [3.63, 3.8) is 0 Å². The van der Waals surface area contributed by atoms with Gasteiger partial charge in [-0.3, -0.25) is 9.59 Å². The SMILES string of the molecule is C(=C\C1CCCC1)/CCCc1ccccc1.C/C=C\CCCC(=O)NCC.CCC(=O)O. The highest BCUT2D eigenvalue weighted by molar-refractivity contribution is 5.75. The number of carboxylic acid groups (broad SMARTS) is 1. The molecule has 1 fully saturated rings. The second-order valence-electron chi connectivity index (χ2n) is 8.01. The summed E-state index contributed by atoms with van der Waals surface area (Å²) in [7, 11) is 0. The first kappa shape index (κ1) is 29.6. The largest absolute Gasteiger partial charge is 0.481 e. The van der Waals surface area contributed by atoms with Crippen molar-refractivity contribution in [2.75, 3.05) is 6.54 Å². The number of benzene rings is 1. The van der Waals surface area contributed by atoms with Gasteiger partial charge in [0.05, 0.1) is 0 Å². The number of aliphatic carboxylic acids is 1. The van der Waals surface area contributed by atoms with Gasteiger partial charge in [0.25, 0.3) is 0 Å². The summed E-state index contributed by atoms with van der Waals surface area (Å²) in [5.74, 6) is 0.318. The van der Waals surface area contributed by atoms with E-state index in [2.05, 4.69) is 53.9 Å². The first-order valence-electron chi connectivity index (χ1n) is 12.3. The Balaban J connectivity index is 0.000000523. The molecule has 0 aromatic heterocycles. The average Bonchev–Trinajstić information content (AvgIpc) is 3.32. The number of rotatable bonds is 11. The van der Waals surface area contributed by atoms with Crippen LogP contribution in [0.1, 0.15) is 90.5 Å². The average molecular weight is 444 g/mol. The predicted octanol–water partition coefficient (Wildman–Crippen LogP) is 7.11. The quantitative estimate of drug-likeness (QED) is 0.283. The predicted molar refractivity (Wildman–Crippen MR) is 136 cm³/mol. The van der Waals surface area contributed by atoms with E-state index in [1.54, 1.807) is 6.92 Å². The van der Waals surface area contributed by atoms with Gasteiger partial charge in [-0.2, -0.15) is 0 Å². The van der Waals surface area contributed by atoms with Crippen LogP contribution < -0.4 is 5.32 Å². The number of unbranched alkanes of at least 4 members (excludes halogenated alkanes) is 2. The molecule has 0 spiro atoms. The van der Waals surface area contributed by atoms with E-state index in [9.17, 15) is 9.59 Å². The second-order valence-corrected chi connectivity index (χ2v) is 8.01. The van der Waals surface area contributed by atoms with Gasteiger partial charge in [0, 0.05) is 19.4 Å². The minimum absolute atomic E-state index is 0.164. The summed E-state index contributed by atoms with van der Waals surface area (Å²) in [5, 5.41) is 10.5. The number of allylic oxidation sites excluding steroid dienone is 4. The fourth-order valence-corrected chi connectivity index (χ4v) is 3.34. The molecule has 0 bridgehead atoms. The number of aryl methyl sites for hydroxylation is 1. The van der Waals surface area contributed by atoms with Crippen LogP contribution in [0.5, 0.6) is 0 Å². The van der Waals surface area contributed by atoms with Crippen LogP contribution in [0.15, 0.2) is 54.6 Å². The molecule has 1 aliphatic carbocycles. The fraction of sp³-hybridized carbons (Fsp3) is 0.571. The Morgan fingerprint density at radius 1 is 1.03 bits per heavy atom. The van der Waals surface area contributed by atoms with Crippen molar-refractivity contribution in [3.05, 3.63) is 60.2 Å². The smallest absolute Gasteiger partial charge is 0.303 e. The molecular weight excluding hydrogens is 398 g/mol. The normalized spacial score (nSPS) is 13.3. The fourth-order valence-electron chi connectivity index (χ4n) is 3.34. The molecule has 180 valence electrons. The zero-order chi connectivity index (χ0) is 23.9. The number of amides is 1. The van der Waals surface area contributed by atoms with Crippen LogP contribution in [0.25, 0.3) is 0 Å². The summed E-state index contributed by atoms with van der Waals surface area (Å²) >= 11 is 0. The summed E-state index contributed by atoms with van der Waals surface area (Å²) in [4.78, 5) is 20.2. The van der Waals surface area contributed by atoms with Crippen molar-refractivity contribution in [3.8, 4) is 0 Å². The van der Waals surface area contributed by atoms with Crippen LogP contribution in [0.3, 0.4) is 0 Å².